The largest absolute Gasteiger partial charge is 0.325 e. The van der Waals surface area contributed by atoms with Crippen LogP contribution in [0.4, 0.5) is 5.69 Å². The molecule has 0 aliphatic carbocycles. The third-order valence-electron chi connectivity index (χ3n) is 3.99. The molecular formula is C19H20ClN3OS2. The van der Waals surface area contributed by atoms with Crippen LogP contribution in [0, 0.1) is 6.92 Å². The van der Waals surface area contributed by atoms with E-state index in [0.717, 1.165) is 34.1 Å². The molecule has 0 aliphatic heterocycles. The molecule has 0 fully saturated rings. The van der Waals surface area contributed by atoms with E-state index in [-0.39, 0.29) is 5.91 Å². The average Bonchev–Trinajstić information content (AvgIpc) is 3.28. The Bertz CT molecular complexity index is 877. The van der Waals surface area contributed by atoms with Crippen molar-refractivity contribution in [2.24, 2.45) is 0 Å². The number of nitrogens with one attached hydrogen (secondary N) is 1. The number of benzene rings is 1. The molecular weight excluding hydrogens is 386 g/mol. The first-order chi connectivity index (χ1) is 12.5. The van der Waals surface area contributed by atoms with E-state index in [2.05, 4.69) is 32.4 Å². The summed E-state index contributed by atoms with van der Waals surface area (Å²) in [4.78, 5) is 19.2. The summed E-state index contributed by atoms with van der Waals surface area (Å²) in [6.45, 7) is 5.73. The molecule has 0 unspecified atom stereocenters. The smallest absolute Gasteiger partial charge is 0.238 e. The Balaban J connectivity index is 1.60. The van der Waals surface area contributed by atoms with Gasteiger partial charge in [0.2, 0.25) is 5.91 Å². The maximum absolute atomic E-state index is 12.4. The van der Waals surface area contributed by atoms with Crippen molar-refractivity contribution in [2.75, 3.05) is 18.4 Å². The van der Waals surface area contributed by atoms with Crippen LogP contribution in [0.15, 0.2) is 40.4 Å². The monoisotopic (exact) mass is 405 g/mol. The van der Waals surface area contributed by atoms with E-state index in [9.17, 15) is 4.79 Å². The molecule has 0 atom stereocenters. The Morgan fingerprint density at radius 3 is 2.88 bits per heavy atom. The molecule has 0 radical (unpaired) electrons. The molecule has 1 N–H and O–H groups in total. The van der Waals surface area contributed by atoms with E-state index in [1.807, 2.05) is 26.0 Å². The number of rotatable bonds is 7. The second-order valence-electron chi connectivity index (χ2n) is 5.97. The number of carbonyl (C=O) groups excluding carboxylic acids is 1. The SMILES string of the molecule is CCN(CC(=O)Nc1cc(Cl)ccc1C)Cc1csc(-c2ccsc2)n1. The molecule has 0 spiro atoms. The lowest BCUT2D eigenvalue weighted by molar-refractivity contribution is -0.117. The second-order valence-corrected chi connectivity index (χ2v) is 8.04. The Hall–Kier alpha value is -1.73. The van der Waals surface area contributed by atoms with E-state index in [4.69, 9.17) is 16.6 Å². The predicted molar refractivity (Wildman–Crippen MR) is 111 cm³/mol. The molecule has 1 aromatic carbocycles. The van der Waals surface area contributed by atoms with Crippen molar-refractivity contribution in [3.05, 3.63) is 56.7 Å². The number of thiazole rings is 1. The zero-order valence-electron chi connectivity index (χ0n) is 14.7. The first kappa shape index (κ1) is 19.0. The lowest BCUT2D eigenvalue weighted by Gasteiger charge is -2.19. The van der Waals surface area contributed by atoms with Gasteiger partial charge >= 0.3 is 0 Å². The van der Waals surface area contributed by atoms with E-state index in [0.29, 0.717) is 18.1 Å². The lowest BCUT2D eigenvalue weighted by atomic mass is 10.2. The summed E-state index contributed by atoms with van der Waals surface area (Å²) in [5.74, 6) is -0.0505. The zero-order valence-corrected chi connectivity index (χ0v) is 17.0. The highest BCUT2D eigenvalue weighted by atomic mass is 35.5. The Morgan fingerprint density at radius 2 is 2.15 bits per heavy atom. The van der Waals surface area contributed by atoms with Gasteiger partial charge < -0.3 is 5.32 Å². The highest BCUT2D eigenvalue weighted by Crippen LogP contribution is 2.26. The summed E-state index contributed by atoms with van der Waals surface area (Å²) in [5, 5.41) is 10.8. The minimum atomic E-state index is -0.0505. The molecule has 26 heavy (non-hydrogen) atoms. The number of likely N-dealkylation sites (N-methyl/N-ethyl adjacent to an activating group) is 1. The molecule has 136 valence electrons. The highest BCUT2D eigenvalue weighted by Gasteiger charge is 2.13. The van der Waals surface area contributed by atoms with Crippen LogP contribution in [0.3, 0.4) is 0 Å². The predicted octanol–water partition coefficient (Wildman–Crippen LogP) is 5.29. The van der Waals surface area contributed by atoms with Gasteiger partial charge in [-0.1, -0.05) is 24.6 Å². The molecule has 3 aromatic rings. The van der Waals surface area contributed by atoms with E-state index in [1.165, 1.54) is 0 Å². The number of anilines is 1. The van der Waals surface area contributed by atoms with E-state index in [1.54, 1.807) is 28.7 Å². The van der Waals surface area contributed by atoms with Gasteiger partial charge in [0, 0.05) is 33.6 Å². The Labute approximate surface area is 166 Å². The van der Waals surface area contributed by atoms with Crippen molar-refractivity contribution in [1.82, 2.24) is 9.88 Å². The van der Waals surface area contributed by atoms with Gasteiger partial charge in [-0.3, -0.25) is 9.69 Å². The maximum atomic E-state index is 12.4. The Morgan fingerprint density at radius 1 is 1.31 bits per heavy atom. The van der Waals surface area contributed by atoms with Crippen molar-refractivity contribution < 1.29 is 4.79 Å². The quantitative estimate of drug-likeness (QED) is 0.580. The molecule has 7 heteroatoms. The number of thiophene rings is 1. The van der Waals surface area contributed by atoms with Crippen LogP contribution in [-0.2, 0) is 11.3 Å². The van der Waals surface area contributed by atoms with Crippen LogP contribution >= 0.6 is 34.3 Å². The number of aryl methyl sites for hydroxylation is 1. The van der Waals surface area contributed by atoms with Crippen LogP contribution in [0.5, 0.6) is 0 Å². The summed E-state index contributed by atoms with van der Waals surface area (Å²) in [6, 6.07) is 7.57. The minimum Gasteiger partial charge on any atom is -0.325 e. The fourth-order valence-corrected chi connectivity index (χ4v) is 4.22. The molecule has 0 bridgehead atoms. The summed E-state index contributed by atoms with van der Waals surface area (Å²) in [7, 11) is 0. The standard InChI is InChI=1S/C19H20ClN3OS2/c1-3-23(9-16-12-26-19(21-16)14-6-7-25-11-14)10-18(24)22-17-8-15(20)5-4-13(17)2/h4-8,11-12H,3,9-10H2,1-2H3,(H,22,24). The highest BCUT2D eigenvalue weighted by molar-refractivity contribution is 7.14. The number of hydrogen-bond donors (Lipinski definition) is 1. The summed E-state index contributed by atoms with van der Waals surface area (Å²) in [6.07, 6.45) is 0. The number of aromatic nitrogens is 1. The van der Waals surface area contributed by atoms with E-state index < -0.39 is 0 Å². The van der Waals surface area contributed by atoms with Crippen molar-refractivity contribution in [2.45, 2.75) is 20.4 Å². The second kappa shape index (κ2) is 8.77. The minimum absolute atomic E-state index is 0.0505. The Kier molecular flexibility index (Phi) is 6.43. The molecule has 2 aromatic heterocycles. The van der Waals surface area contributed by atoms with Gasteiger partial charge in [0.05, 0.1) is 12.2 Å². The molecule has 2 heterocycles. The van der Waals surface area contributed by atoms with Crippen molar-refractivity contribution >= 4 is 45.9 Å². The van der Waals surface area contributed by atoms with Gasteiger partial charge in [0.15, 0.2) is 0 Å². The first-order valence-corrected chi connectivity index (χ1v) is 10.5. The number of carbonyl (C=O) groups is 1. The number of nitrogens with zero attached hydrogens (tertiary/aromatic N) is 2. The van der Waals surface area contributed by atoms with Crippen molar-refractivity contribution in [3.63, 3.8) is 0 Å². The van der Waals surface area contributed by atoms with Gasteiger partial charge in [0.1, 0.15) is 5.01 Å². The zero-order chi connectivity index (χ0) is 18.5. The van der Waals surface area contributed by atoms with Gasteiger partial charge in [-0.15, -0.1) is 11.3 Å². The fraction of sp³-hybridized carbons (Fsp3) is 0.263. The van der Waals surface area contributed by atoms with Crippen LogP contribution < -0.4 is 5.32 Å². The molecule has 4 nitrogen and oxygen atoms in total. The summed E-state index contributed by atoms with van der Waals surface area (Å²) >= 11 is 9.32. The third kappa shape index (κ3) is 4.92. The fourth-order valence-electron chi connectivity index (χ4n) is 2.53. The third-order valence-corrected chi connectivity index (χ3v) is 5.85. The van der Waals surface area contributed by atoms with Gasteiger partial charge in [-0.25, -0.2) is 4.98 Å². The normalized spacial score (nSPS) is 11.1. The maximum Gasteiger partial charge on any atom is 0.238 e. The van der Waals surface area contributed by atoms with Crippen LogP contribution in [-0.4, -0.2) is 28.9 Å². The number of amides is 1. The van der Waals surface area contributed by atoms with E-state index >= 15 is 0 Å². The summed E-state index contributed by atoms with van der Waals surface area (Å²) in [5.41, 5.74) is 3.89. The van der Waals surface area contributed by atoms with Gasteiger partial charge in [-0.05, 0) is 42.6 Å². The molecule has 1 amide bonds. The number of halogens is 1. The van der Waals surface area contributed by atoms with Crippen LogP contribution in [0.1, 0.15) is 18.2 Å². The van der Waals surface area contributed by atoms with Gasteiger partial charge in [0.25, 0.3) is 0 Å². The molecule has 3 rings (SSSR count). The van der Waals surface area contributed by atoms with Crippen LogP contribution in [0.25, 0.3) is 10.6 Å². The summed E-state index contributed by atoms with van der Waals surface area (Å²) < 4.78 is 0. The van der Waals surface area contributed by atoms with Crippen molar-refractivity contribution in [1.29, 1.82) is 0 Å². The van der Waals surface area contributed by atoms with Crippen molar-refractivity contribution in [3.8, 4) is 10.6 Å². The average molecular weight is 406 g/mol. The molecule has 0 saturated carbocycles. The topological polar surface area (TPSA) is 45.2 Å². The number of hydrogen-bond acceptors (Lipinski definition) is 5. The van der Waals surface area contributed by atoms with Gasteiger partial charge in [-0.2, -0.15) is 11.3 Å². The van der Waals surface area contributed by atoms with Crippen LogP contribution in [0.2, 0.25) is 5.02 Å². The molecule has 0 saturated heterocycles. The lowest BCUT2D eigenvalue weighted by Crippen LogP contribution is -2.33. The molecule has 0 aliphatic rings. The first-order valence-electron chi connectivity index (χ1n) is 8.30.